The Morgan fingerprint density at radius 1 is 1.15 bits per heavy atom. The molecule has 1 fully saturated rings. The van der Waals surface area contributed by atoms with Crippen molar-refractivity contribution in [2.75, 3.05) is 32.7 Å². The van der Waals surface area contributed by atoms with E-state index in [0.29, 0.717) is 18.0 Å². The third-order valence-electron chi connectivity index (χ3n) is 3.78. The molecule has 0 amide bonds. The van der Waals surface area contributed by atoms with Gasteiger partial charge in [-0.3, -0.25) is 0 Å². The van der Waals surface area contributed by atoms with E-state index in [-0.39, 0.29) is 0 Å². The van der Waals surface area contributed by atoms with Crippen molar-refractivity contribution in [3.05, 3.63) is 29.8 Å². The average Bonchev–Trinajstić information content (AvgIpc) is 2.47. The van der Waals surface area contributed by atoms with Crippen LogP contribution in [0.15, 0.2) is 29.2 Å². The molecule has 0 radical (unpaired) electrons. The number of hydrogen-bond acceptors (Lipinski definition) is 4. The van der Waals surface area contributed by atoms with Crippen LogP contribution in [-0.2, 0) is 10.0 Å². The van der Waals surface area contributed by atoms with Crippen LogP contribution < -0.4 is 0 Å². The minimum absolute atomic E-state index is 0.298. The molecule has 112 valence electrons. The van der Waals surface area contributed by atoms with Gasteiger partial charge in [0.15, 0.2) is 0 Å². The first-order valence-corrected chi connectivity index (χ1v) is 8.39. The summed E-state index contributed by atoms with van der Waals surface area (Å²) in [6, 6.07) is 6.48. The standard InChI is InChI=1S/C14H22N2O3S/c1-3-15-8-10-16(11-9-15)20(18,19)14-6-4-13(5-7-14)12(2)17/h4-7,12,17H,3,8-11H2,1-2H3. The van der Waals surface area contributed by atoms with Crippen molar-refractivity contribution < 1.29 is 13.5 Å². The Bertz CT molecular complexity index is 532. The number of nitrogens with zero attached hydrogens (tertiary/aromatic N) is 2. The zero-order chi connectivity index (χ0) is 14.8. The molecular weight excluding hydrogens is 276 g/mol. The van der Waals surface area contributed by atoms with E-state index in [0.717, 1.165) is 25.2 Å². The van der Waals surface area contributed by atoms with Crippen molar-refractivity contribution >= 4 is 10.0 Å². The number of hydrogen-bond donors (Lipinski definition) is 1. The van der Waals surface area contributed by atoms with E-state index >= 15 is 0 Å². The van der Waals surface area contributed by atoms with Crippen molar-refractivity contribution in [3.8, 4) is 0 Å². The largest absolute Gasteiger partial charge is 0.389 e. The zero-order valence-corrected chi connectivity index (χ0v) is 12.8. The molecule has 1 aromatic carbocycles. The summed E-state index contributed by atoms with van der Waals surface area (Å²) in [6.07, 6.45) is -0.583. The third kappa shape index (κ3) is 3.20. The van der Waals surface area contributed by atoms with Gasteiger partial charge in [-0.2, -0.15) is 4.31 Å². The quantitative estimate of drug-likeness (QED) is 0.903. The SMILES string of the molecule is CCN1CCN(S(=O)(=O)c2ccc(C(C)O)cc2)CC1. The molecule has 0 aromatic heterocycles. The molecule has 6 heteroatoms. The van der Waals surface area contributed by atoms with Gasteiger partial charge in [0.2, 0.25) is 10.0 Å². The number of aliphatic hydroxyl groups excluding tert-OH is 1. The second kappa shape index (κ2) is 6.22. The first-order chi connectivity index (χ1) is 9.45. The first kappa shape index (κ1) is 15.4. The van der Waals surface area contributed by atoms with E-state index < -0.39 is 16.1 Å². The summed E-state index contributed by atoms with van der Waals surface area (Å²) < 4.78 is 26.6. The van der Waals surface area contributed by atoms with Crippen LogP contribution in [0.4, 0.5) is 0 Å². The van der Waals surface area contributed by atoms with Gasteiger partial charge in [-0.15, -0.1) is 0 Å². The molecular formula is C14H22N2O3S. The maximum absolute atomic E-state index is 12.5. The average molecular weight is 298 g/mol. The summed E-state index contributed by atoms with van der Waals surface area (Å²) in [4.78, 5) is 2.54. The predicted molar refractivity (Wildman–Crippen MR) is 77.9 cm³/mol. The molecule has 0 aliphatic carbocycles. The highest BCUT2D eigenvalue weighted by Gasteiger charge is 2.27. The van der Waals surface area contributed by atoms with Gasteiger partial charge in [-0.25, -0.2) is 8.42 Å². The molecule has 1 saturated heterocycles. The highest BCUT2D eigenvalue weighted by atomic mass is 32.2. The van der Waals surface area contributed by atoms with Crippen LogP contribution in [0.2, 0.25) is 0 Å². The number of aliphatic hydroxyl groups is 1. The second-order valence-corrected chi connectivity index (χ2v) is 7.02. The normalized spacial score (nSPS) is 19.9. The van der Waals surface area contributed by atoms with Crippen molar-refractivity contribution in [1.82, 2.24) is 9.21 Å². The highest BCUT2D eigenvalue weighted by molar-refractivity contribution is 7.89. The monoisotopic (exact) mass is 298 g/mol. The van der Waals surface area contributed by atoms with Crippen molar-refractivity contribution in [2.24, 2.45) is 0 Å². The lowest BCUT2D eigenvalue weighted by Gasteiger charge is -2.33. The maximum atomic E-state index is 12.5. The van der Waals surface area contributed by atoms with E-state index in [2.05, 4.69) is 11.8 Å². The summed E-state index contributed by atoms with van der Waals surface area (Å²) in [5.74, 6) is 0. The Morgan fingerprint density at radius 3 is 2.15 bits per heavy atom. The molecule has 1 heterocycles. The summed E-state index contributed by atoms with van der Waals surface area (Å²) in [5, 5.41) is 9.46. The molecule has 1 atom stereocenters. The lowest BCUT2D eigenvalue weighted by Crippen LogP contribution is -2.48. The molecule has 0 bridgehead atoms. The van der Waals surface area contributed by atoms with Gasteiger partial charge in [0.25, 0.3) is 0 Å². The lowest BCUT2D eigenvalue weighted by atomic mass is 10.1. The Balaban J connectivity index is 2.14. The molecule has 20 heavy (non-hydrogen) atoms. The summed E-state index contributed by atoms with van der Waals surface area (Å²) >= 11 is 0. The van der Waals surface area contributed by atoms with Gasteiger partial charge in [0, 0.05) is 26.2 Å². The summed E-state index contributed by atoms with van der Waals surface area (Å²) in [5.41, 5.74) is 0.722. The number of piperazine rings is 1. The summed E-state index contributed by atoms with van der Waals surface area (Å²) in [7, 11) is -3.41. The summed E-state index contributed by atoms with van der Waals surface area (Å²) in [6.45, 7) is 7.33. The molecule has 1 unspecified atom stereocenters. The fourth-order valence-corrected chi connectivity index (χ4v) is 3.78. The molecule has 1 aromatic rings. The topological polar surface area (TPSA) is 60.9 Å². The molecule has 0 saturated carbocycles. The van der Waals surface area contributed by atoms with Gasteiger partial charge in [-0.1, -0.05) is 19.1 Å². The van der Waals surface area contributed by atoms with Crippen molar-refractivity contribution in [2.45, 2.75) is 24.8 Å². The number of sulfonamides is 1. The Morgan fingerprint density at radius 2 is 1.70 bits per heavy atom. The maximum Gasteiger partial charge on any atom is 0.243 e. The molecule has 1 aliphatic rings. The van der Waals surface area contributed by atoms with Gasteiger partial charge < -0.3 is 10.0 Å². The van der Waals surface area contributed by atoms with E-state index in [4.69, 9.17) is 0 Å². The minimum atomic E-state index is -3.41. The van der Waals surface area contributed by atoms with E-state index in [1.54, 1.807) is 31.2 Å². The Hall–Kier alpha value is -0.950. The molecule has 5 nitrogen and oxygen atoms in total. The van der Waals surface area contributed by atoms with Crippen LogP contribution in [0.1, 0.15) is 25.5 Å². The molecule has 2 rings (SSSR count). The van der Waals surface area contributed by atoms with Crippen LogP contribution in [0.5, 0.6) is 0 Å². The first-order valence-electron chi connectivity index (χ1n) is 6.95. The smallest absolute Gasteiger partial charge is 0.243 e. The predicted octanol–water partition coefficient (Wildman–Crippen LogP) is 1.07. The van der Waals surface area contributed by atoms with Crippen molar-refractivity contribution in [1.29, 1.82) is 0 Å². The zero-order valence-electron chi connectivity index (χ0n) is 12.0. The van der Waals surface area contributed by atoms with Crippen LogP contribution in [0.25, 0.3) is 0 Å². The Kier molecular flexibility index (Phi) is 4.80. The fourth-order valence-electron chi connectivity index (χ4n) is 2.35. The second-order valence-electron chi connectivity index (χ2n) is 5.08. The van der Waals surface area contributed by atoms with E-state index in [1.807, 2.05) is 0 Å². The van der Waals surface area contributed by atoms with Gasteiger partial charge >= 0.3 is 0 Å². The number of likely N-dealkylation sites (N-methyl/N-ethyl adjacent to an activating group) is 1. The van der Waals surface area contributed by atoms with Crippen LogP contribution in [-0.4, -0.2) is 55.5 Å². The molecule has 1 aliphatic heterocycles. The lowest BCUT2D eigenvalue weighted by molar-refractivity contribution is 0.196. The fraction of sp³-hybridized carbons (Fsp3) is 0.571. The molecule has 0 spiro atoms. The van der Waals surface area contributed by atoms with Crippen LogP contribution in [0.3, 0.4) is 0 Å². The van der Waals surface area contributed by atoms with Gasteiger partial charge in [0.05, 0.1) is 11.0 Å². The van der Waals surface area contributed by atoms with Gasteiger partial charge in [0.1, 0.15) is 0 Å². The molecule has 1 N–H and O–H groups in total. The van der Waals surface area contributed by atoms with Crippen molar-refractivity contribution in [3.63, 3.8) is 0 Å². The minimum Gasteiger partial charge on any atom is -0.389 e. The van der Waals surface area contributed by atoms with E-state index in [9.17, 15) is 13.5 Å². The number of benzene rings is 1. The number of rotatable bonds is 4. The highest BCUT2D eigenvalue weighted by Crippen LogP contribution is 2.20. The third-order valence-corrected chi connectivity index (χ3v) is 5.69. The Labute approximate surface area is 120 Å². The van der Waals surface area contributed by atoms with Crippen LogP contribution >= 0.6 is 0 Å². The van der Waals surface area contributed by atoms with E-state index in [1.165, 1.54) is 4.31 Å². The van der Waals surface area contributed by atoms with Gasteiger partial charge in [-0.05, 0) is 31.2 Å². The van der Waals surface area contributed by atoms with Crippen LogP contribution in [0, 0.1) is 0 Å².